The summed E-state index contributed by atoms with van der Waals surface area (Å²) >= 11 is 12.0. The molecule has 0 saturated carbocycles. The van der Waals surface area contributed by atoms with Crippen LogP contribution in [0.5, 0.6) is 5.75 Å². The second-order valence-electron chi connectivity index (χ2n) is 6.09. The largest absolute Gasteiger partial charge is 0.494 e. The minimum absolute atomic E-state index is 0.386. The molecule has 0 radical (unpaired) electrons. The van der Waals surface area contributed by atoms with E-state index in [4.69, 9.17) is 33.7 Å². The van der Waals surface area contributed by atoms with Crippen molar-refractivity contribution in [3.8, 4) is 5.75 Å². The van der Waals surface area contributed by atoms with Crippen molar-refractivity contribution in [3.05, 3.63) is 58.8 Å². The maximum absolute atomic E-state index is 6.22. The van der Waals surface area contributed by atoms with E-state index in [1.54, 1.807) is 18.2 Å². The number of unbranched alkanes of at least 4 members (excludes halogenated alkanes) is 1. The van der Waals surface area contributed by atoms with Crippen LogP contribution in [0.1, 0.15) is 19.8 Å². The summed E-state index contributed by atoms with van der Waals surface area (Å²) in [6, 6.07) is 12.8. The lowest BCUT2D eigenvalue weighted by Gasteiger charge is -2.13. The van der Waals surface area contributed by atoms with Crippen LogP contribution in [0.2, 0.25) is 10.0 Å². The predicted octanol–water partition coefficient (Wildman–Crippen LogP) is 6.03. The van der Waals surface area contributed by atoms with E-state index < -0.39 is 0 Å². The zero-order chi connectivity index (χ0) is 19.9. The molecule has 3 aromatic rings. The van der Waals surface area contributed by atoms with Crippen LogP contribution in [0.25, 0.3) is 0 Å². The van der Waals surface area contributed by atoms with E-state index in [0.29, 0.717) is 34.0 Å². The first-order valence-corrected chi connectivity index (χ1v) is 9.65. The first-order valence-electron chi connectivity index (χ1n) is 8.89. The lowest BCUT2D eigenvalue weighted by molar-refractivity contribution is 0.309. The quantitative estimate of drug-likeness (QED) is 0.387. The molecule has 0 atom stereocenters. The highest BCUT2D eigenvalue weighted by atomic mass is 35.5. The van der Waals surface area contributed by atoms with Crippen molar-refractivity contribution >= 4 is 51.9 Å². The maximum atomic E-state index is 6.22. The molecule has 0 unspecified atom stereocenters. The number of hydrogen-bond acceptors (Lipinski definition) is 6. The first-order chi connectivity index (χ1) is 13.6. The minimum atomic E-state index is 0.386. The summed E-state index contributed by atoms with van der Waals surface area (Å²) in [6.45, 7) is 2.85. The third kappa shape index (κ3) is 5.18. The molecular weight excluding hydrogens is 397 g/mol. The number of ether oxygens (including phenoxy) is 1. The van der Waals surface area contributed by atoms with Gasteiger partial charge < -0.3 is 21.1 Å². The molecule has 0 spiro atoms. The molecule has 0 saturated heterocycles. The number of aromatic nitrogens is 2. The van der Waals surface area contributed by atoms with Crippen molar-refractivity contribution in [2.75, 3.05) is 23.0 Å². The Labute approximate surface area is 174 Å². The Bertz CT molecular complexity index is 934. The molecule has 1 aromatic heterocycles. The normalized spacial score (nSPS) is 10.5. The summed E-state index contributed by atoms with van der Waals surface area (Å²) in [6.07, 6.45) is 3.57. The highest BCUT2D eigenvalue weighted by Gasteiger charge is 2.10. The third-order valence-electron chi connectivity index (χ3n) is 3.95. The van der Waals surface area contributed by atoms with Gasteiger partial charge in [0.2, 0.25) is 0 Å². The molecule has 0 aliphatic carbocycles. The number of nitrogens with one attached hydrogen (secondary N) is 2. The molecule has 3 rings (SSSR count). The van der Waals surface area contributed by atoms with Gasteiger partial charge >= 0.3 is 0 Å². The summed E-state index contributed by atoms with van der Waals surface area (Å²) in [4.78, 5) is 8.43. The van der Waals surface area contributed by atoms with E-state index in [9.17, 15) is 0 Å². The molecule has 0 aliphatic rings. The number of anilines is 5. The van der Waals surface area contributed by atoms with Gasteiger partial charge in [-0.1, -0.05) is 36.5 Å². The third-order valence-corrected chi connectivity index (χ3v) is 4.69. The predicted molar refractivity (Wildman–Crippen MR) is 116 cm³/mol. The fourth-order valence-corrected chi connectivity index (χ4v) is 2.71. The Morgan fingerprint density at radius 1 is 0.929 bits per heavy atom. The molecule has 0 aliphatic heterocycles. The van der Waals surface area contributed by atoms with Crippen molar-refractivity contribution in [2.45, 2.75) is 19.8 Å². The number of nitrogens with zero attached hydrogens (tertiary/aromatic N) is 2. The zero-order valence-corrected chi connectivity index (χ0v) is 16.9. The molecule has 0 amide bonds. The van der Waals surface area contributed by atoms with Crippen LogP contribution in [0, 0.1) is 0 Å². The van der Waals surface area contributed by atoms with Crippen molar-refractivity contribution < 1.29 is 4.74 Å². The van der Waals surface area contributed by atoms with Gasteiger partial charge in [-0.05, 0) is 48.9 Å². The Morgan fingerprint density at radius 3 is 2.21 bits per heavy atom. The van der Waals surface area contributed by atoms with Crippen molar-refractivity contribution in [1.82, 2.24) is 9.97 Å². The second kappa shape index (κ2) is 9.48. The molecule has 8 heteroatoms. The average Bonchev–Trinajstić information content (AvgIpc) is 2.69. The number of nitrogens with two attached hydrogens (primary N) is 1. The highest BCUT2D eigenvalue weighted by Crippen LogP contribution is 2.31. The summed E-state index contributed by atoms with van der Waals surface area (Å²) in [5.74, 6) is 1.80. The van der Waals surface area contributed by atoms with Crippen LogP contribution >= 0.6 is 23.2 Å². The molecule has 4 N–H and O–H groups in total. The number of nitrogen functional groups attached to an aromatic ring is 1. The highest BCUT2D eigenvalue weighted by molar-refractivity contribution is 6.42. The fourth-order valence-electron chi connectivity index (χ4n) is 2.41. The lowest BCUT2D eigenvalue weighted by Crippen LogP contribution is -2.05. The van der Waals surface area contributed by atoms with Gasteiger partial charge in [0.15, 0.2) is 11.6 Å². The zero-order valence-electron chi connectivity index (χ0n) is 15.4. The van der Waals surface area contributed by atoms with E-state index in [1.807, 2.05) is 24.3 Å². The van der Waals surface area contributed by atoms with E-state index >= 15 is 0 Å². The van der Waals surface area contributed by atoms with Crippen LogP contribution in [0.15, 0.2) is 48.8 Å². The Kier molecular flexibility index (Phi) is 6.79. The minimum Gasteiger partial charge on any atom is -0.494 e. The molecule has 0 bridgehead atoms. The number of rotatable bonds is 8. The van der Waals surface area contributed by atoms with Crippen LogP contribution in [-0.2, 0) is 0 Å². The summed E-state index contributed by atoms with van der Waals surface area (Å²) in [5.41, 5.74) is 8.17. The Balaban J connectivity index is 1.71. The van der Waals surface area contributed by atoms with Crippen LogP contribution in [0.3, 0.4) is 0 Å². The van der Waals surface area contributed by atoms with Gasteiger partial charge in [0.05, 0.1) is 16.7 Å². The van der Waals surface area contributed by atoms with Crippen LogP contribution in [-0.4, -0.2) is 16.6 Å². The standard InChI is InChI=1S/C20H21Cl2N5O/c1-2-3-10-28-15-7-4-13(5-8-15)26-19-18(23)20(25-12-24-19)27-14-6-9-16(21)17(22)11-14/h4-9,11-12H,2-3,10,23H2,1H3,(H2,24,25,26,27). The Morgan fingerprint density at radius 2 is 1.57 bits per heavy atom. The number of hydrogen-bond donors (Lipinski definition) is 3. The van der Waals surface area contributed by atoms with Crippen LogP contribution < -0.4 is 21.1 Å². The number of halogens is 2. The van der Waals surface area contributed by atoms with Crippen molar-refractivity contribution in [3.63, 3.8) is 0 Å². The summed E-state index contributed by atoms with van der Waals surface area (Å²) < 4.78 is 5.67. The van der Waals surface area contributed by atoms with Crippen LogP contribution in [0.4, 0.5) is 28.7 Å². The monoisotopic (exact) mass is 417 g/mol. The average molecular weight is 418 g/mol. The van der Waals surface area contributed by atoms with Crippen molar-refractivity contribution in [2.24, 2.45) is 0 Å². The fraction of sp³-hybridized carbons (Fsp3) is 0.200. The SMILES string of the molecule is CCCCOc1ccc(Nc2ncnc(Nc3ccc(Cl)c(Cl)c3)c2N)cc1. The Hall–Kier alpha value is -2.70. The van der Waals surface area contributed by atoms with E-state index in [2.05, 4.69) is 27.5 Å². The molecule has 1 heterocycles. The topological polar surface area (TPSA) is 85.1 Å². The van der Waals surface area contributed by atoms with Gasteiger partial charge in [0.1, 0.15) is 17.8 Å². The molecule has 28 heavy (non-hydrogen) atoms. The maximum Gasteiger partial charge on any atom is 0.159 e. The molecule has 2 aromatic carbocycles. The molecule has 0 fully saturated rings. The summed E-state index contributed by atoms with van der Waals surface area (Å²) in [5, 5.41) is 7.24. The van der Waals surface area contributed by atoms with E-state index in [-0.39, 0.29) is 0 Å². The number of benzene rings is 2. The smallest absolute Gasteiger partial charge is 0.159 e. The molecular formula is C20H21Cl2N5O. The summed E-state index contributed by atoms with van der Waals surface area (Å²) in [7, 11) is 0. The van der Waals surface area contributed by atoms with Crippen molar-refractivity contribution in [1.29, 1.82) is 0 Å². The lowest BCUT2D eigenvalue weighted by atomic mass is 10.3. The van der Waals surface area contributed by atoms with Gasteiger partial charge in [0, 0.05) is 11.4 Å². The van der Waals surface area contributed by atoms with Gasteiger partial charge in [0.25, 0.3) is 0 Å². The van der Waals surface area contributed by atoms with Gasteiger partial charge in [-0.2, -0.15) is 0 Å². The second-order valence-corrected chi connectivity index (χ2v) is 6.90. The van der Waals surface area contributed by atoms with Gasteiger partial charge in [-0.3, -0.25) is 0 Å². The molecule has 146 valence electrons. The molecule has 6 nitrogen and oxygen atoms in total. The van der Waals surface area contributed by atoms with E-state index in [0.717, 1.165) is 30.0 Å². The van der Waals surface area contributed by atoms with Gasteiger partial charge in [-0.25, -0.2) is 9.97 Å². The van der Waals surface area contributed by atoms with E-state index in [1.165, 1.54) is 6.33 Å². The van der Waals surface area contributed by atoms with Gasteiger partial charge in [-0.15, -0.1) is 0 Å². The first kappa shape index (κ1) is 20.0.